The molecule has 1 aromatic carbocycles. The highest BCUT2D eigenvalue weighted by Crippen LogP contribution is 2.32. The monoisotopic (exact) mass is 260 g/mol. The fraction of sp³-hybridized carbons (Fsp3) is 0.647. The van der Waals surface area contributed by atoms with Gasteiger partial charge in [-0.05, 0) is 43.7 Å². The summed E-state index contributed by atoms with van der Waals surface area (Å²) in [6, 6.07) is 9.62. The van der Waals surface area contributed by atoms with E-state index < -0.39 is 0 Å². The fourth-order valence-electron chi connectivity index (χ4n) is 3.23. The normalized spacial score (nSPS) is 21.4. The van der Waals surface area contributed by atoms with Crippen LogP contribution in [0.5, 0.6) is 0 Å². The van der Waals surface area contributed by atoms with Crippen LogP contribution >= 0.6 is 0 Å². The number of piperidine rings is 1. The summed E-state index contributed by atoms with van der Waals surface area (Å²) in [5.74, 6) is 0. The van der Waals surface area contributed by atoms with E-state index in [2.05, 4.69) is 43.0 Å². The van der Waals surface area contributed by atoms with Gasteiger partial charge < -0.3 is 10.6 Å². The molecule has 106 valence electrons. The molecule has 2 atom stereocenters. The molecule has 1 aliphatic heterocycles. The minimum Gasteiger partial charge on any atom is -0.368 e. The second-order valence-electron chi connectivity index (χ2n) is 5.71. The summed E-state index contributed by atoms with van der Waals surface area (Å²) in [4.78, 5) is 2.62. The topological polar surface area (TPSA) is 29.3 Å². The predicted octanol–water partition coefficient (Wildman–Crippen LogP) is 4.26. The molecule has 0 amide bonds. The molecule has 0 saturated carbocycles. The molecule has 1 fully saturated rings. The average Bonchev–Trinajstić information content (AvgIpc) is 2.47. The lowest BCUT2D eigenvalue weighted by Crippen LogP contribution is -2.40. The van der Waals surface area contributed by atoms with E-state index in [4.69, 9.17) is 5.73 Å². The van der Waals surface area contributed by atoms with Crippen molar-refractivity contribution in [3.8, 4) is 0 Å². The van der Waals surface area contributed by atoms with Gasteiger partial charge in [-0.15, -0.1) is 0 Å². The molecule has 2 nitrogen and oxygen atoms in total. The van der Waals surface area contributed by atoms with Gasteiger partial charge in [0.2, 0.25) is 0 Å². The molecule has 0 aliphatic carbocycles. The summed E-state index contributed by atoms with van der Waals surface area (Å²) < 4.78 is 0. The summed E-state index contributed by atoms with van der Waals surface area (Å²) in [5.41, 5.74) is 9.01. The summed E-state index contributed by atoms with van der Waals surface area (Å²) in [6.45, 7) is 5.65. The lowest BCUT2D eigenvalue weighted by Gasteiger charge is -2.39. The number of hydrogen-bond acceptors (Lipinski definition) is 2. The number of nitrogens with two attached hydrogens (primary N) is 1. The van der Waals surface area contributed by atoms with E-state index in [1.54, 1.807) is 0 Å². The van der Waals surface area contributed by atoms with Gasteiger partial charge in [-0.1, -0.05) is 38.5 Å². The zero-order chi connectivity index (χ0) is 13.7. The Labute approximate surface area is 118 Å². The molecule has 19 heavy (non-hydrogen) atoms. The van der Waals surface area contributed by atoms with E-state index >= 15 is 0 Å². The van der Waals surface area contributed by atoms with E-state index in [0.717, 1.165) is 6.42 Å². The Morgan fingerprint density at radius 3 is 2.79 bits per heavy atom. The SMILES string of the molecule is CCCC1CCCCN1c1ccccc1C(N)CC. The first-order valence-corrected chi connectivity index (χ1v) is 7.89. The van der Waals surface area contributed by atoms with E-state index in [0.29, 0.717) is 6.04 Å². The van der Waals surface area contributed by atoms with Crippen molar-refractivity contribution < 1.29 is 0 Å². The number of nitrogens with zero attached hydrogens (tertiary/aromatic N) is 1. The van der Waals surface area contributed by atoms with Gasteiger partial charge in [0, 0.05) is 24.3 Å². The Balaban J connectivity index is 2.28. The van der Waals surface area contributed by atoms with Crippen molar-refractivity contribution in [2.24, 2.45) is 5.73 Å². The number of para-hydroxylation sites is 1. The van der Waals surface area contributed by atoms with Crippen LogP contribution in [0.2, 0.25) is 0 Å². The molecule has 0 aromatic heterocycles. The number of benzene rings is 1. The van der Waals surface area contributed by atoms with Crippen molar-refractivity contribution in [2.45, 2.75) is 64.5 Å². The molecule has 1 aliphatic rings. The molecule has 2 heteroatoms. The molecule has 2 rings (SSSR count). The quantitative estimate of drug-likeness (QED) is 0.857. The maximum Gasteiger partial charge on any atom is 0.0417 e. The molecule has 2 unspecified atom stereocenters. The maximum atomic E-state index is 6.29. The smallest absolute Gasteiger partial charge is 0.0417 e. The van der Waals surface area contributed by atoms with Gasteiger partial charge in [-0.2, -0.15) is 0 Å². The van der Waals surface area contributed by atoms with Gasteiger partial charge in [0.05, 0.1) is 0 Å². The first-order chi connectivity index (χ1) is 9.27. The van der Waals surface area contributed by atoms with Crippen LogP contribution in [0.25, 0.3) is 0 Å². The third kappa shape index (κ3) is 3.30. The van der Waals surface area contributed by atoms with Crippen LogP contribution in [0.15, 0.2) is 24.3 Å². The molecular formula is C17H28N2. The van der Waals surface area contributed by atoms with Gasteiger partial charge in [-0.3, -0.25) is 0 Å². The maximum absolute atomic E-state index is 6.29. The largest absolute Gasteiger partial charge is 0.368 e. The highest BCUT2D eigenvalue weighted by atomic mass is 15.2. The minimum atomic E-state index is 0.167. The van der Waals surface area contributed by atoms with Crippen LogP contribution in [-0.4, -0.2) is 12.6 Å². The van der Waals surface area contributed by atoms with Crippen LogP contribution in [0.3, 0.4) is 0 Å². The zero-order valence-electron chi connectivity index (χ0n) is 12.4. The number of anilines is 1. The van der Waals surface area contributed by atoms with Gasteiger partial charge >= 0.3 is 0 Å². The van der Waals surface area contributed by atoms with Gasteiger partial charge in [0.15, 0.2) is 0 Å². The van der Waals surface area contributed by atoms with Crippen molar-refractivity contribution in [3.63, 3.8) is 0 Å². The van der Waals surface area contributed by atoms with Gasteiger partial charge in [0.1, 0.15) is 0 Å². The third-order valence-electron chi connectivity index (χ3n) is 4.33. The summed E-state index contributed by atoms with van der Waals surface area (Å²) in [6.07, 6.45) is 7.60. The average molecular weight is 260 g/mol. The Kier molecular flexibility index (Phi) is 5.26. The van der Waals surface area contributed by atoms with Crippen molar-refractivity contribution in [3.05, 3.63) is 29.8 Å². The molecule has 1 aromatic rings. The molecule has 0 bridgehead atoms. The third-order valence-corrected chi connectivity index (χ3v) is 4.33. The molecule has 0 spiro atoms. The van der Waals surface area contributed by atoms with Crippen molar-refractivity contribution in [2.75, 3.05) is 11.4 Å². The fourth-order valence-corrected chi connectivity index (χ4v) is 3.23. The first-order valence-electron chi connectivity index (χ1n) is 7.89. The van der Waals surface area contributed by atoms with Crippen LogP contribution in [0, 0.1) is 0 Å². The lowest BCUT2D eigenvalue weighted by molar-refractivity contribution is 0.433. The molecule has 0 radical (unpaired) electrons. The number of rotatable bonds is 5. The van der Waals surface area contributed by atoms with Gasteiger partial charge in [-0.25, -0.2) is 0 Å². The van der Waals surface area contributed by atoms with Crippen LogP contribution in [0.4, 0.5) is 5.69 Å². The van der Waals surface area contributed by atoms with E-state index in [9.17, 15) is 0 Å². The lowest BCUT2D eigenvalue weighted by atomic mass is 9.94. The Bertz CT molecular complexity index is 387. The Hall–Kier alpha value is -1.02. The van der Waals surface area contributed by atoms with Crippen LogP contribution < -0.4 is 10.6 Å². The summed E-state index contributed by atoms with van der Waals surface area (Å²) in [7, 11) is 0. The van der Waals surface area contributed by atoms with E-state index in [1.165, 1.54) is 49.9 Å². The Morgan fingerprint density at radius 1 is 1.26 bits per heavy atom. The molecule has 1 saturated heterocycles. The van der Waals surface area contributed by atoms with E-state index in [1.807, 2.05) is 0 Å². The molecule has 2 N–H and O–H groups in total. The predicted molar refractivity (Wildman–Crippen MR) is 83.6 cm³/mol. The summed E-state index contributed by atoms with van der Waals surface area (Å²) >= 11 is 0. The standard InChI is InChI=1S/C17H28N2/c1-3-9-14-10-7-8-13-19(14)17-12-6-5-11-15(17)16(18)4-2/h5-6,11-12,14,16H,3-4,7-10,13,18H2,1-2H3. The van der Waals surface area contributed by atoms with E-state index in [-0.39, 0.29) is 6.04 Å². The zero-order valence-corrected chi connectivity index (χ0v) is 12.4. The Morgan fingerprint density at radius 2 is 2.05 bits per heavy atom. The summed E-state index contributed by atoms with van der Waals surface area (Å²) in [5, 5.41) is 0. The first kappa shape index (κ1) is 14.4. The van der Waals surface area contributed by atoms with Crippen LogP contribution in [0.1, 0.15) is 64.0 Å². The number of hydrogen-bond donors (Lipinski definition) is 1. The highest BCUT2D eigenvalue weighted by molar-refractivity contribution is 5.56. The van der Waals surface area contributed by atoms with Crippen molar-refractivity contribution in [1.29, 1.82) is 0 Å². The van der Waals surface area contributed by atoms with Crippen LogP contribution in [-0.2, 0) is 0 Å². The molecule has 1 heterocycles. The molecular weight excluding hydrogens is 232 g/mol. The van der Waals surface area contributed by atoms with Gasteiger partial charge in [0.25, 0.3) is 0 Å². The highest BCUT2D eigenvalue weighted by Gasteiger charge is 2.24. The second kappa shape index (κ2) is 6.95. The minimum absolute atomic E-state index is 0.167. The van der Waals surface area contributed by atoms with Crippen molar-refractivity contribution >= 4 is 5.69 Å². The van der Waals surface area contributed by atoms with Crippen molar-refractivity contribution in [1.82, 2.24) is 0 Å². The second-order valence-corrected chi connectivity index (χ2v) is 5.71.